The number of methoxy groups -OCH3 is 1. The molecule has 0 saturated heterocycles. The first-order valence-corrected chi connectivity index (χ1v) is 9.39. The largest absolute Gasteiger partial charge is 0.496 e. The van der Waals surface area contributed by atoms with E-state index >= 15 is 0 Å². The van der Waals surface area contributed by atoms with Crippen molar-refractivity contribution in [2.75, 3.05) is 12.4 Å². The summed E-state index contributed by atoms with van der Waals surface area (Å²) in [5.41, 5.74) is 3.79. The van der Waals surface area contributed by atoms with Gasteiger partial charge >= 0.3 is 0 Å². The number of aromatic nitrogens is 1. The second-order valence-electron chi connectivity index (χ2n) is 6.94. The number of nitrogens with one attached hydrogen (secondary N) is 2. The second kappa shape index (κ2) is 7.79. The van der Waals surface area contributed by atoms with Crippen LogP contribution in [0.5, 0.6) is 5.75 Å². The van der Waals surface area contributed by atoms with Crippen LogP contribution < -0.4 is 15.4 Å². The topological polar surface area (TPSA) is 93.5 Å². The molecule has 0 bridgehead atoms. The quantitative estimate of drug-likeness (QED) is 0.691. The number of anilines is 1. The van der Waals surface area contributed by atoms with E-state index in [1.807, 2.05) is 49.4 Å². The number of para-hydroxylation sites is 1. The maximum atomic E-state index is 12.6. The number of hydrogen-bond donors (Lipinski definition) is 2. The van der Waals surface area contributed by atoms with Crippen LogP contribution in [-0.4, -0.2) is 24.1 Å². The average molecular weight is 391 g/mol. The van der Waals surface area contributed by atoms with Crippen molar-refractivity contribution >= 4 is 17.5 Å². The molecule has 3 aromatic rings. The molecule has 1 aliphatic rings. The molecule has 0 fully saturated rings. The minimum atomic E-state index is -0.326. The van der Waals surface area contributed by atoms with E-state index < -0.39 is 0 Å². The van der Waals surface area contributed by atoms with Gasteiger partial charge in [0.1, 0.15) is 5.75 Å². The summed E-state index contributed by atoms with van der Waals surface area (Å²) >= 11 is 0. The zero-order valence-corrected chi connectivity index (χ0v) is 16.2. The van der Waals surface area contributed by atoms with Crippen LogP contribution >= 0.6 is 0 Å². The van der Waals surface area contributed by atoms with Gasteiger partial charge in [0.2, 0.25) is 5.91 Å². The molecule has 7 nitrogen and oxygen atoms in total. The van der Waals surface area contributed by atoms with Gasteiger partial charge in [-0.3, -0.25) is 9.59 Å². The fourth-order valence-corrected chi connectivity index (χ4v) is 3.38. The summed E-state index contributed by atoms with van der Waals surface area (Å²) in [6.07, 6.45) is 1.17. The summed E-state index contributed by atoms with van der Waals surface area (Å²) in [7, 11) is 1.58. The summed E-state index contributed by atoms with van der Waals surface area (Å²) in [4.78, 5) is 24.1. The fraction of sp³-hybridized carbons (Fsp3) is 0.227. The van der Waals surface area contributed by atoms with E-state index in [9.17, 15) is 9.59 Å². The molecule has 7 heteroatoms. The lowest BCUT2D eigenvalue weighted by molar-refractivity contribution is -0.116. The van der Waals surface area contributed by atoms with Crippen molar-refractivity contribution < 1.29 is 18.8 Å². The number of nitrogens with zero attached hydrogens (tertiary/aromatic N) is 1. The van der Waals surface area contributed by atoms with Crippen LogP contribution in [0.3, 0.4) is 0 Å². The Labute approximate surface area is 168 Å². The summed E-state index contributed by atoms with van der Waals surface area (Å²) in [5, 5.41) is 9.71. The first kappa shape index (κ1) is 18.7. The van der Waals surface area contributed by atoms with Gasteiger partial charge < -0.3 is 19.9 Å². The van der Waals surface area contributed by atoms with Crippen LogP contribution in [0.1, 0.15) is 41.0 Å². The van der Waals surface area contributed by atoms with Crippen molar-refractivity contribution in [3.05, 3.63) is 65.4 Å². The minimum Gasteiger partial charge on any atom is -0.496 e. The summed E-state index contributed by atoms with van der Waals surface area (Å²) in [6.45, 7) is 1.91. The molecule has 0 radical (unpaired) electrons. The van der Waals surface area contributed by atoms with E-state index in [2.05, 4.69) is 15.8 Å². The van der Waals surface area contributed by atoms with Gasteiger partial charge in [-0.25, -0.2) is 0 Å². The van der Waals surface area contributed by atoms with Gasteiger partial charge in [0, 0.05) is 18.2 Å². The number of aryl methyl sites for hydroxylation is 1. The Balaban J connectivity index is 1.48. The predicted octanol–water partition coefficient (Wildman–Crippen LogP) is 3.73. The Morgan fingerprint density at radius 2 is 2.03 bits per heavy atom. The Morgan fingerprint density at radius 1 is 1.21 bits per heavy atom. The number of benzene rings is 2. The predicted molar refractivity (Wildman–Crippen MR) is 108 cm³/mol. The Kier molecular flexibility index (Phi) is 5.03. The molecular formula is C22H21N3O4. The first-order valence-electron chi connectivity index (χ1n) is 9.39. The second-order valence-corrected chi connectivity index (χ2v) is 6.94. The van der Waals surface area contributed by atoms with Crippen LogP contribution in [-0.2, 0) is 11.2 Å². The summed E-state index contributed by atoms with van der Waals surface area (Å²) in [5.74, 6) is 0.812. The number of hydrogen-bond acceptors (Lipinski definition) is 5. The van der Waals surface area contributed by atoms with Crippen molar-refractivity contribution in [3.8, 4) is 17.1 Å². The van der Waals surface area contributed by atoms with Gasteiger partial charge in [-0.15, -0.1) is 0 Å². The lowest BCUT2D eigenvalue weighted by atomic mass is 9.98. The van der Waals surface area contributed by atoms with Crippen molar-refractivity contribution in [3.63, 3.8) is 0 Å². The zero-order valence-electron chi connectivity index (χ0n) is 16.2. The van der Waals surface area contributed by atoms with Crippen LogP contribution in [0, 0.1) is 0 Å². The number of fused-ring (bicyclic) bond motifs is 1. The van der Waals surface area contributed by atoms with Crippen LogP contribution in [0.4, 0.5) is 5.69 Å². The number of rotatable bonds is 5. The van der Waals surface area contributed by atoms with Gasteiger partial charge in [-0.05, 0) is 42.7 Å². The molecule has 2 aromatic carbocycles. The number of amides is 2. The molecule has 29 heavy (non-hydrogen) atoms. The van der Waals surface area contributed by atoms with Crippen molar-refractivity contribution in [2.24, 2.45) is 0 Å². The molecule has 0 aliphatic carbocycles. The normalized spacial score (nSPS) is 13.9. The van der Waals surface area contributed by atoms with E-state index in [1.54, 1.807) is 13.2 Å². The van der Waals surface area contributed by atoms with Crippen molar-refractivity contribution in [1.82, 2.24) is 10.5 Å². The molecule has 2 N–H and O–H groups in total. The van der Waals surface area contributed by atoms with Crippen LogP contribution in [0.2, 0.25) is 0 Å². The zero-order chi connectivity index (χ0) is 20.4. The lowest BCUT2D eigenvalue weighted by Gasteiger charge is -2.20. The third-order valence-corrected chi connectivity index (χ3v) is 4.99. The molecule has 1 atom stereocenters. The molecular weight excluding hydrogens is 370 g/mol. The van der Waals surface area contributed by atoms with Gasteiger partial charge in [0.05, 0.1) is 18.7 Å². The molecule has 2 heterocycles. The highest BCUT2D eigenvalue weighted by molar-refractivity contribution is 5.94. The number of ether oxygens (including phenoxy) is 1. The molecule has 1 aromatic heterocycles. The first-order chi connectivity index (χ1) is 14.0. The SMILES string of the molecule is COc1ccccc1-c1cc(C(=O)N[C@H](C)c2ccc3c(c2)CCC(=O)N3)no1. The maximum Gasteiger partial charge on any atom is 0.273 e. The molecule has 0 spiro atoms. The van der Waals surface area contributed by atoms with Crippen molar-refractivity contribution in [2.45, 2.75) is 25.8 Å². The third kappa shape index (κ3) is 3.85. The maximum absolute atomic E-state index is 12.6. The van der Waals surface area contributed by atoms with Gasteiger partial charge in [0.15, 0.2) is 11.5 Å². The average Bonchev–Trinajstić information content (AvgIpc) is 3.23. The molecule has 1 aliphatic heterocycles. The number of carbonyl (C=O) groups is 2. The van der Waals surface area contributed by atoms with Crippen molar-refractivity contribution in [1.29, 1.82) is 0 Å². The molecule has 2 amide bonds. The number of carbonyl (C=O) groups excluding carboxylic acids is 2. The molecule has 4 rings (SSSR count). The van der Waals surface area contributed by atoms with Gasteiger partial charge in [-0.2, -0.15) is 0 Å². The summed E-state index contributed by atoms with van der Waals surface area (Å²) in [6, 6.07) is 14.5. The smallest absolute Gasteiger partial charge is 0.273 e. The Bertz CT molecular complexity index is 1070. The fourth-order valence-electron chi connectivity index (χ4n) is 3.38. The van der Waals surface area contributed by atoms with Gasteiger partial charge in [-0.1, -0.05) is 29.4 Å². The van der Waals surface area contributed by atoms with Crippen LogP contribution in [0.25, 0.3) is 11.3 Å². The lowest BCUT2D eigenvalue weighted by Crippen LogP contribution is -2.27. The molecule has 0 unspecified atom stereocenters. The molecule has 0 saturated carbocycles. The highest BCUT2D eigenvalue weighted by Crippen LogP contribution is 2.30. The van der Waals surface area contributed by atoms with E-state index in [4.69, 9.17) is 9.26 Å². The van der Waals surface area contributed by atoms with E-state index in [-0.39, 0.29) is 23.6 Å². The standard InChI is InChI=1S/C22H21N3O4/c1-13(14-7-9-17-15(11-14)8-10-21(26)24-17)23-22(27)18-12-20(29-25-18)16-5-3-4-6-19(16)28-2/h3-7,9,11-13H,8,10H2,1-2H3,(H,23,27)(H,24,26)/t13-/m1/s1. The van der Waals surface area contributed by atoms with E-state index in [0.29, 0.717) is 24.4 Å². The van der Waals surface area contributed by atoms with Crippen LogP contribution in [0.15, 0.2) is 53.1 Å². The van der Waals surface area contributed by atoms with E-state index in [0.717, 1.165) is 22.4 Å². The third-order valence-electron chi connectivity index (χ3n) is 4.99. The van der Waals surface area contributed by atoms with Gasteiger partial charge in [0.25, 0.3) is 5.91 Å². The van der Waals surface area contributed by atoms with E-state index in [1.165, 1.54) is 0 Å². The Hall–Kier alpha value is -3.61. The monoisotopic (exact) mass is 391 g/mol. The highest BCUT2D eigenvalue weighted by Gasteiger charge is 2.20. The molecule has 148 valence electrons. The minimum absolute atomic E-state index is 0.0310. The highest BCUT2D eigenvalue weighted by atomic mass is 16.5. The summed E-state index contributed by atoms with van der Waals surface area (Å²) < 4.78 is 10.7. The Morgan fingerprint density at radius 3 is 2.86 bits per heavy atom.